The second-order valence-electron chi connectivity index (χ2n) is 9.15. The molecule has 1 aromatic carbocycles. The van der Waals surface area contributed by atoms with Gasteiger partial charge in [-0.25, -0.2) is 0 Å². The first-order valence-electron chi connectivity index (χ1n) is 10.6. The van der Waals surface area contributed by atoms with E-state index in [1.807, 2.05) is 12.1 Å². The molecule has 4 aliphatic rings. The third kappa shape index (κ3) is 3.16. The number of fused-ring (bicyclic) bond motifs is 3. The molecule has 3 heterocycles. The molecule has 7 nitrogen and oxygen atoms in total. The zero-order chi connectivity index (χ0) is 20.2. The SMILES string of the molecule is CNC12CCC(CN(Cc3cccc4c3CN(C3CCC(=O)NC3=O)C4=O)C1)C2. The Hall–Kier alpha value is -2.25. The van der Waals surface area contributed by atoms with Crippen molar-refractivity contribution in [2.75, 3.05) is 20.1 Å². The smallest absolute Gasteiger partial charge is 0.255 e. The summed E-state index contributed by atoms with van der Waals surface area (Å²) in [7, 11) is 2.07. The number of amides is 3. The highest BCUT2D eigenvalue weighted by molar-refractivity contribution is 6.05. The summed E-state index contributed by atoms with van der Waals surface area (Å²) in [6.45, 7) is 3.43. The van der Waals surface area contributed by atoms with Crippen molar-refractivity contribution in [2.45, 2.75) is 56.8 Å². The minimum absolute atomic E-state index is 0.0956. The molecule has 5 rings (SSSR count). The van der Waals surface area contributed by atoms with Crippen molar-refractivity contribution in [3.05, 3.63) is 34.9 Å². The van der Waals surface area contributed by atoms with Crippen LogP contribution in [0.3, 0.4) is 0 Å². The Kier molecular flexibility index (Phi) is 4.47. The molecule has 7 heteroatoms. The molecule has 3 unspecified atom stereocenters. The van der Waals surface area contributed by atoms with Crippen LogP contribution in [0.4, 0.5) is 0 Å². The molecule has 1 aliphatic carbocycles. The molecule has 3 aliphatic heterocycles. The second kappa shape index (κ2) is 6.92. The largest absolute Gasteiger partial charge is 0.322 e. The summed E-state index contributed by atoms with van der Waals surface area (Å²) in [5.41, 5.74) is 3.16. The summed E-state index contributed by atoms with van der Waals surface area (Å²) in [6, 6.07) is 5.37. The molecule has 2 saturated heterocycles. The third-order valence-corrected chi connectivity index (χ3v) is 7.36. The van der Waals surface area contributed by atoms with Crippen molar-refractivity contribution in [1.29, 1.82) is 0 Å². The lowest BCUT2D eigenvalue weighted by molar-refractivity contribution is -0.136. The van der Waals surface area contributed by atoms with Crippen LogP contribution in [0, 0.1) is 5.92 Å². The molecule has 29 heavy (non-hydrogen) atoms. The van der Waals surface area contributed by atoms with Gasteiger partial charge in [-0.1, -0.05) is 12.1 Å². The number of hydrogen-bond donors (Lipinski definition) is 2. The quantitative estimate of drug-likeness (QED) is 0.743. The van der Waals surface area contributed by atoms with Gasteiger partial charge in [0.25, 0.3) is 5.91 Å². The summed E-state index contributed by atoms with van der Waals surface area (Å²) >= 11 is 0. The van der Waals surface area contributed by atoms with Crippen molar-refractivity contribution in [3.8, 4) is 0 Å². The minimum atomic E-state index is -0.557. The lowest BCUT2D eigenvalue weighted by Gasteiger charge is -2.40. The fourth-order valence-corrected chi connectivity index (χ4v) is 5.86. The maximum atomic E-state index is 13.0. The monoisotopic (exact) mass is 396 g/mol. The molecule has 1 saturated carbocycles. The second-order valence-corrected chi connectivity index (χ2v) is 9.15. The van der Waals surface area contributed by atoms with E-state index in [9.17, 15) is 14.4 Å². The number of nitrogens with one attached hydrogen (secondary N) is 2. The lowest BCUT2D eigenvalue weighted by Crippen LogP contribution is -2.54. The third-order valence-electron chi connectivity index (χ3n) is 7.36. The lowest BCUT2D eigenvalue weighted by atomic mass is 9.90. The highest BCUT2D eigenvalue weighted by Gasteiger charge is 2.44. The molecule has 3 amide bonds. The van der Waals surface area contributed by atoms with Gasteiger partial charge in [-0.15, -0.1) is 0 Å². The number of rotatable bonds is 4. The number of carbonyl (C=O) groups excluding carboxylic acids is 3. The van der Waals surface area contributed by atoms with Crippen LogP contribution in [0.5, 0.6) is 0 Å². The number of hydrogen-bond acceptors (Lipinski definition) is 5. The molecular formula is C22H28N4O3. The summed E-state index contributed by atoms with van der Waals surface area (Å²) in [6.07, 6.45) is 4.46. The van der Waals surface area contributed by atoms with Crippen LogP contribution >= 0.6 is 0 Å². The van der Waals surface area contributed by atoms with Crippen molar-refractivity contribution in [3.63, 3.8) is 0 Å². The average Bonchev–Trinajstić information content (AvgIpc) is 3.20. The van der Waals surface area contributed by atoms with Gasteiger partial charge in [-0.3, -0.25) is 24.6 Å². The first-order chi connectivity index (χ1) is 14.0. The molecule has 2 bridgehead atoms. The predicted molar refractivity (Wildman–Crippen MR) is 107 cm³/mol. The summed E-state index contributed by atoms with van der Waals surface area (Å²) < 4.78 is 0. The minimum Gasteiger partial charge on any atom is -0.322 e. The number of imide groups is 1. The van der Waals surface area contributed by atoms with Crippen molar-refractivity contribution in [2.24, 2.45) is 5.92 Å². The van der Waals surface area contributed by atoms with Crippen LogP contribution in [0.2, 0.25) is 0 Å². The fourth-order valence-electron chi connectivity index (χ4n) is 5.86. The maximum Gasteiger partial charge on any atom is 0.255 e. The number of piperidine rings is 2. The summed E-state index contributed by atoms with van der Waals surface area (Å²) in [4.78, 5) is 40.9. The number of nitrogens with zero attached hydrogens (tertiary/aromatic N) is 2. The van der Waals surface area contributed by atoms with Crippen LogP contribution in [-0.4, -0.2) is 59.2 Å². The molecule has 154 valence electrons. The summed E-state index contributed by atoms with van der Waals surface area (Å²) in [5.74, 6) is 0.0399. The van der Waals surface area contributed by atoms with Gasteiger partial charge in [-0.05, 0) is 55.8 Å². The van der Waals surface area contributed by atoms with Gasteiger partial charge in [-0.2, -0.15) is 0 Å². The normalized spacial score (nSPS) is 31.9. The van der Waals surface area contributed by atoms with E-state index in [4.69, 9.17) is 0 Å². The Labute approximate surface area is 170 Å². The highest BCUT2D eigenvalue weighted by Crippen LogP contribution is 2.40. The fraction of sp³-hybridized carbons (Fsp3) is 0.591. The predicted octanol–water partition coefficient (Wildman–Crippen LogP) is 1.02. The van der Waals surface area contributed by atoms with E-state index in [2.05, 4.69) is 28.6 Å². The first kappa shape index (κ1) is 18.8. The van der Waals surface area contributed by atoms with Gasteiger partial charge < -0.3 is 10.2 Å². The zero-order valence-electron chi connectivity index (χ0n) is 16.9. The molecule has 0 radical (unpaired) electrons. The number of likely N-dealkylation sites (N-methyl/N-ethyl adjacent to an activating group) is 1. The number of likely N-dealkylation sites (tertiary alicyclic amines) is 1. The van der Waals surface area contributed by atoms with E-state index < -0.39 is 6.04 Å². The van der Waals surface area contributed by atoms with Crippen LogP contribution < -0.4 is 10.6 Å². The van der Waals surface area contributed by atoms with Gasteiger partial charge >= 0.3 is 0 Å². The van der Waals surface area contributed by atoms with Crippen molar-refractivity contribution in [1.82, 2.24) is 20.4 Å². The topological polar surface area (TPSA) is 81.8 Å². The van der Waals surface area contributed by atoms with E-state index >= 15 is 0 Å². The van der Waals surface area contributed by atoms with E-state index in [1.54, 1.807) is 4.90 Å². The number of benzene rings is 1. The van der Waals surface area contributed by atoms with Crippen molar-refractivity contribution >= 4 is 17.7 Å². The van der Waals surface area contributed by atoms with Gasteiger partial charge in [0.05, 0.1) is 0 Å². The first-order valence-corrected chi connectivity index (χ1v) is 10.6. The molecule has 2 N–H and O–H groups in total. The molecule has 0 aromatic heterocycles. The highest BCUT2D eigenvalue weighted by atomic mass is 16.2. The Morgan fingerprint density at radius 1 is 1.24 bits per heavy atom. The number of carbonyl (C=O) groups is 3. The summed E-state index contributed by atoms with van der Waals surface area (Å²) in [5, 5.41) is 5.94. The zero-order valence-corrected chi connectivity index (χ0v) is 16.9. The van der Waals surface area contributed by atoms with Gasteiger partial charge in [0, 0.05) is 43.7 Å². The molecule has 3 atom stereocenters. The van der Waals surface area contributed by atoms with Crippen LogP contribution in [0.15, 0.2) is 18.2 Å². The maximum absolute atomic E-state index is 13.0. The van der Waals surface area contributed by atoms with Crippen LogP contribution in [-0.2, 0) is 22.7 Å². The van der Waals surface area contributed by atoms with E-state index in [1.165, 1.54) is 24.8 Å². The Morgan fingerprint density at radius 2 is 2.10 bits per heavy atom. The molecule has 0 spiro atoms. The van der Waals surface area contributed by atoms with E-state index in [0.717, 1.165) is 31.1 Å². The Morgan fingerprint density at radius 3 is 2.90 bits per heavy atom. The Bertz CT molecular complexity index is 885. The van der Waals surface area contributed by atoms with E-state index in [0.29, 0.717) is 18.5 Å². The van der Waals surface area contributed by atoms with Gasteiger partial charge in [0.1, 0.15) is 6.04 Å². The van der Waals surface area contributed by atoms with Crippen molar-refractivity contribution < 1.29 is 14.4 Å². The average molecular weight is 396 g/mol. The molecule has 1 aromatic rings. The van der Waals surface area contributed by atoms with Crippen LogP contribution in [0.1, 0.15) is 53.6 Å². The van der Waals surface area contributed by atoms with Gasteiger partial charge in [0.2, 0.25) is 11.8 Å². The standard InChI is InChI=1S/C22H28N4O3/c1-23-22-8-7-14(9-22)10-25(13-22)11-15-3-2-4-16-17(15)12-26(21(16)29)18-5-6-19(27)24-20(18)28/h2-4,14,18,23H,5-13H2,1H3,(H,24,27,28). The van der Waals surface area contributed by atoms with E-state index in [-0.39, 0.29) is 29.7 Å². The van der Waals surface area contributed by atoms with Crippen LogP contribution in [0.25, 0.3) is 0 Å². The Balaban J connectivity index is 1.36. The molecular weight excluding hydrogens is 368 g/mol. The molecule has 3 fully saturated rings. The van der Waals surface area contributed by atoms with Gasteiger partial charge in [0.15, 0.2) is 0 Å².